The molecule has 0 aliphatic rings. The summed E-state index contributed by atoms with van der Waals surface area (Å²) >= 11 is 5.06. The molecular formula is C26H20F3N3O4S. The van der Waals surface area contributed by atoms with Crippen molar-refractivity contribution < 1.29 is 32.2 Å². The van der Waals surface area contributed by atoms with Gasteiger partial charge < -0.3 is 24.8 Å². The smallest absolute Gasteiger partial charge is 0.230 e. The van der Waals surface area contributed by atoms with E-state index in [9.17, 15) is 18.0 Å². The number of hydrogen-bond acceptors (Lipinski definition) is 6. The first-order chi connectivity index (χ1) is 17.8. The molecule has 2 N–H and O–H groups in total. The number of carbonyl (C=O) groups excluding carboxylic acids is 1. The summed E-state index contributed by atoms with van der Waals surface area (Å²) in [5, 5.41) is 5.37. The van der Waals surface area contributed by atoms with Gasteiger partial charge in [-0.3, -0.25) is 9.78 Å². The number of halogens is 3. The minimum absolute atomic E-state index is 0.0715. The molecule has 4 aromatic rings. The minimum Gasteiger partial charge on any atom is -0.493 e. The Labute approximate surface area is 215 Å². The number of aromatic nitrogens is 1. The molecule has 190 valence electrons. The van der Waals surface area contributed by atoms with Gasteiger partial charge in [0.05, 0.1) is 26.2 Å². The van der Waals surface area contributed by atoms with Crippen LogP contribution in [0, 0.1) is 17.5 Å². The van der Waals surface area contributed by atoms with E-state index >= 15 is 0 Å². The Morgan fingerprint density at radius 1 is 0.892 bits per heavy atom. The Bertz CT molecular complexity index is 1480. The molecule has 11 heteroatoms. The lowest BCUT2D eigenvalue weighted by atomic mass is 10.1. The Hall–Kier alpha value is -4.38. The van der Waals surface area contributed by atoms with Gasteiger partial charge in [-0.05, 0) is 48.6 Å². The molecule has 3 aromatic carbocycles. The fraction of sp³-hybridized carbons (Fsp3) is 0.115. The fourth-order valence-corrected chi connectivity index (χ4v) is 3.74. The van der Waals surface area contributed by atoms with Crippen molar-refractivity contribution in [2.45, 2.75) is 6.42 Å². The average molecular weight is 528 g/mol. The van der Waals surface area contributed by atoms with Crippen LogP contribution < -0.4 is 24.8 Å². The zero-order chi connectivity index (χ0) is 26.5. The van der Waals surface area contributed by atoms with Gasteiger partial charge in [-0.25, -0.2) is 13.2 Å². The third-order valence-corrected chi connectivity index (χ3v) is 5.47. The second-order valence-electron chi connectivity index (χ2n) is 7.66. The molecule has 1 amide bonds. The van der Waals surface area contributed by atoms with Crippen LogP contribution in [-0.2, 0) is 11.2 Å². The van der Waals surface area contributed by atoms with Gasteiger partial charge in [0, 0.05) is 35.0 Å². The molecular weight excluding hydrogens is 507 g/mol. The summed E-state index contributed by atoms with van der Waals surface area (Å²) in [4.78, 5) is 16.4. The molecule has 0 bridgehead atoms. The van der Waals surface area contributed by atoms with Crippen molar-refractivity contribution in [3.63, 3.8) is 0 Å². The van der Waals surface area contributed by atoms with E-state index in [0.717, 1.165) is 18.2 Å². The Balaban J connectivity index is 1.45. The van der Waals surface area contributed by atoms with E-state index < -0.39 is 29.8 Å². The van der Waals surface area contributed by atoms with E-state index in [-0.39, 0.29) is 22.1 Å². The first-order valence-corrected chi connectivity index (χ1v) is 11.2. The number of benzene rings is 3. The maximum absolute atomic E-state index is 14.9. The van der Waals surface area contributed by atoms with Crippen molar-refractivity contribution in [1.29, 1.82) is 0 Å². The molecule has 0 unspecified atom stereocenters. The number of pyridine rings is 1. The molecule has 1 aromatic heterocycles. The predicted octanol–water partition coefficient (Wildman–Crippen LogP) is 5.52. The van der Waals surface area contributed by atoms with Crippen LogP contribution in [0.5, 0.6) is 23.0 Å². The third-order valence-electron chi connectivity index (χ3n) is 5.27. The molecule has 0 fully saturated rings. The average Bonchev–Trinajstić information content (AvgIpc) is 2.87. The highest BCUT2D eigenvalue weighted by atomic mass is 32.1. The van der Waals surface area contributed by atoms with Crippen LogP contribution >= 0.6 is 12.2 Å². The number of anilines is 1. The van der Waals surface area contributed by atoms with E-state index in [1.807, 2.05) is 0 Å². The number of ether oxygens (including phenoxy) is 3. The number of thiocarbonyl (C=S) groups is 1. The van der Waals surface area contributed by atoms with Crippen LogP contribution in [0.15, 0.2) is 60.8 Å². The van der Waals surface area contributed by atoms with Crippen molar-refractivity contribution in [2.24, 2.45) is 0 Å². The van der Waals surface area contributed by atoms with E-state index in [1.165, 1.54) is 38.6 Å². The molecule has 0 saturated heterocycles. The zero-order valence-corrected chi connectivity index (χ0v) is 20.4. The minimum atomic E-state index is -0.841. The fourth-order valence-electron chi connectivity index (χ4n) is 3.51. The number of methoxy groups -OCH3 is 2. The highest BCUT2D eigenvalue weighted by molar-refractivity contribution is 7.80. The summed E-state index contributed by atoms with van der Waals surface area (Å²) in [7, 11) is 3.01. The lowest BCUT2D eigenvalue weighted by molar-refractivity contribution is -0.119. The molecule has 7 nitrogen and oxygen atoms in total. The summed E-state index contributed by atoms with van der Waals surface area (Å²) in [6, 6.07) is 12.2. The third kappa shape index (κ3) is 5.89. The highest BCUT2D eigenvalue weighted by Gasteiger charge is 2.16. The summed E-state index contributed by atoms with van der Waals surface area (Å²) in [6.45, 7) is 0. The quantitative estimate of drug-likeness (QED) is 0.307. The zero-order valence-electron chi connectivity index (χ0n) is 19.6. The Morgan fingerprint density at radius 2 is 1.59 bits per heavy atom. The maximum atomic E-state index is 14.9. The van der Waals surface area contributed by atoms with Crippen molar-refractivity contribution >= 4 is 39.8 Å². The van der Waals surface area contributed by atoms with Crippen molar-refractivity contribution in [1.82, 2.24) is 10.3 Å². The van der Waals surface area contributed by atoms with Crippen LogP contribution in [0.1, 0.15) is 5.56 Å². The number of rotatable bonds is 7. The summed E-state index contributed by atoms with van der Waals surface area (Å²) in [5.41, 5.74) is 0.401. The van der Waals surface area contributed by atoms with Crippen molar-refractivity contribution in [2.75, 3.05) is 19.5 Å². The van der Waals surface area contributed by atoms with Crippen LogP contribution in [0.25, 0.3) is 10.9 Å². The number of nitrogens with one attached hydrogen (secondary N) is 2. The standard InChI is InChI=1S/C26H20F3N3O4S/c1-34-23-11-16-20(13-24(23)35-2)30-9-8-21(16)36-22-7-6-14(10-19(22)29)31-26(37)32-25(33)12-15-17(27)4-3-5-18(15)28/h3-11,13H,12H2,1-2H3,(H2,31,32,33,37). The molecule has 0 aliphatic carbocycles. The van der Waals surface area contributed by atoms with Gasteiger partial charge in [-0.15, -0.1) is 0 Å². The monoisotopic (exact) mass is 527 g/mol. The van der Waals surface area contributed by atoms with E-state index in [4.69, 9.17) is 26.4 Å². The molecule has 0 aliphatic heterocycles. The van der Waals surface area contributed by atoms with Crippen molar-refractivity contribution in [3.8, 4) is 23.0 Å². The molecule has 0 spiro atoms. The number of amides is 1. The topological polar surface area (TPSA) is 81.7 Å². The SMILES string of the molecule is COc1cc2nccc(Oc3ccc(NC(=S)NC(=O)Cc4c(F)cccc4F)cc3F)c2cc1OC. The number of carbonyl (C=O) groups is 1. The Kier molecular flexibility index (Phi) is 7.73. The number of nitrogens with zero attached hydrogens (tertiary/aromatic N) is 1. The van der Waals surface area contributed by atoms with Crippen LogP contribution in [0.4, 0.5) is 18.9 Å². The molecule has 1 heterocycles. The summed E-state index contributed by atoms with van der Waals surface area (Å²) < 4.78 is 58.8. The normalized spacial score (nSPS) is 10.6. The Morgan fingerprint density at radius 3 is 2.27 bits per heavy atom. The van der Waals surface area contributed by atoms with Gasteiger partial charge >= 0.3 is 0 Å². The van der Waals surface area contributed by atoms with Gasteiger partial charge in [0.2, 0.25) is 5.91 Å². The predicted molar refractivity (Wildman–Crippen MR) is 136 cm³/mol. The first kappa shape index (κ1) is 25.7. The molecule has 0 radical (unpaired) electrons. The highest BCUT2D eigenvalue weighted by Crippen LogP contribution is 2.37. The van der Waals surface area contributed by atoms with Gasteiger partial charge in [-0.2, -0.15) is 0 Å². The van der Waals surface area contributed by atoms with E-state index in [2.05, 4.69) is 15.6 Å². The van der Waals surface area contributed by atoms with E-state index in [1.54, 1.807) is 18.2 Å². The van der Waals surface area contributed by atoms with Gasteiger partial charge in [0.25, 0.3) is 0 Å². The molecule has 0 saturated carbocycles. The maximum Gasteiger partial charge on any atom is 0.230 e. The van der Waals surface area contributed by atoms with Crippen molar-refractivity contribution in [3.05, 3.63) is 83.8 Å². The number of fused-ring (bicyclic) bond motifs is 1. The van der Waals surface area contributed by atoms with Gasteiger partial charge in [0.15, 0.2) is 28.2 Å². The lowest BCUT2D eigenvalue weighted by Crippen LogP contribution is -2.35. The summed E-state index contributed by atoms with van der Waals surface area (Å²) in [6.07, 6.45) is 0.962. The molecule has 4 rings (SSSR count). The van der Waals surface area contributed by atoms with E-state index in [0.29, 0.717) is 28.2 Å². The van der Waals surface area contributed by atoms with Crippen LogP contribution in [0.3, 0.4) is 0 Å². The second kappa shape index (κ2) is 11.1. The lowest BCUT2D eigenvalue weighted by Gasteiger charge is -2.14. The van der Waals surface area contributed by atoms with Crippen LogP contribution in [0.2, 0.25) is 0 Å². The molecule has 0 atom stereocenters. The second-order valence-corrected chi connectivity index (χ2v) is 8.07. The van der Waals surface area contributed by atoms with Gasteiger partial charge in [-0.1, -0.05) is 6.07 Å². The summed E-state index contributed by atoms with van der Waals surface area (Å²) in [5.74, 6) is -1.91. The number of hydrogen-bond donors (Lipinski definition) is 2. The molecule has 37 heavy (non-hydrogen) atoms. The first-order valence-electron chi connectivity index (χ1n) is 10.8. The van der Waals surface area contributed by atoms with Crippen LogP contribution in [-0.4, -0.2) is 30.2 Å². The van der Waals surface area contributed by atoms with Gasteiger partial charge in [0.1, 0.15) is 17.4 Å². The largest absolute Gasteiger partial charge is 0.493 e.